The molecule has 0 atom stereocenters. The summed E-state index contributed by atoms with van der Waals surface area (Å²) >= 11 is 12.4. The van der Waals surface area contributed by atoms with Crippen LogP contribution in [0.25, 0.3) is 22.6 Å². The van der Waals surface area contributed by atoms with Crippen molar-refractivity contribution in [3.63, 3.8) is 0 Å². The Balaban J connectivity index is 1.89. The first-order valence-corrected chi connectivity index (χ1v) is 9.66. The Hall–Kier alpha value is -3.09. The summed E-state index contributed by atoms with van der Waals surface area (Å²) in [6.07, 6.45) is 2.62. The molecule has 0 bridgehead atoms. The topological polar surface area (TPSA) is 99.7 Å². The van der Waals surface area contributed by atoms with E-state index in [9.17, 15) is 0 Å². The molecular formula is C21H20Cl2N6. The maximum absolute atomic E-state index is 7.02. The lowest BCUT2D eigenvalue weighted by Crippen LogP contribution is -2.26. The Morgan fingerprint density at radius 3 is 2.55 bits per heavy atom. The quantitative estimate of drug-likeness (QED) is 0.312. The number of nitrogens with one attached hydrogen (secondary N) is 3. The molecule has 0 unspecified atom stereocenters. The molecule has 0 aliphatic heterocycles. The SMILES string of the molecule is N=C/C=C(\N)NCCNc1cc(-c2ccccc2)nc(-c2ccc(Cl)cc2Cl)n1. The van der Waals surface area contributed by atoms with Crippen LogP contribution in [0.5, 0.6) is 0 Å². The molecule has 3 aromatic rings. The zero-order chi connectivity index (χ0) is 20.6. The van der Waals surface area contributed by atoms with E-state index < -0.39 is 0 Å². The molecular weight excluding hydrogens is 407 g/mol. The van der Waals surface area contributed by atoms with E-state index in [1.807, 2.05) is 42.5 Å². The largest absolute Gasteiger partial charge is 0.385 e. The van der Waals surface area contributed by atoms with Crippen LogP contribution >= 0.6 is 23.2 Å². The van der Waals surface area contributed by atoms with Gasteiger partial charge in [-0.1, -0.05) is 53.5 Å². The molecule has 8 heteroatoms. The summed E-state index contributed by atoms with van der Waals surface area (Å²) in [6.45, 7) is 1.14. The highest BCUT2D eigenvalue weighted by Crippen LogP contribution is 2.30. The number of aromatic nitrogens is 2. The monoisotopic (exact) mass is 426 g/mol. The van der Waals surface area contributed by atoms with Crippen molar-refractivity contribution >= 4 is 35.2 Å². The molecule has 0 spiro atoms. The minimum atomic E-state index is 0.433. The number of nitrogens with zero attached hydrogens (tertiary/aromatic N) is 2. The van der Waals surface area contributed by atoms with Gasteiger partial charge in [0.05, 0.1) is 16.5 Å². The third-order valence-corrected chi connectivity index (χ3v) is 4.54. The van der Waals surface area contributed by atoms with E-state index in [1.54, 1.807) is 12.1 Å². The van der Waals surface area contributed by atoms with E-state index in [0.717, 1.165) is 17.5 Å². The minimum absolute atomic E-state index is 0.433. The summed E-state index contributed by atoms with van der Waals surface area (Å²) in [5.41, 5.74) is 8.17. The second-order valence-electron chi connectivity index (χ2n) is 6.09. The number of rotatable bonds is 8. The normalized spacial score (nSPS) is 11.2. The predicted molar refractivity (Wildman–Crippen MR) is 120 cm³/mol. The Morgan fingerprint density at radius 2 is 1.83 bits per heavy atom. The van der Waals surface area contributed by atoms with E-state index in [2.05, 4.69) is 15.6 Å². The minimum Gasteiger partial charge on any atom is -0.385 e. The summed E-state index contributed by atoms with van der Waals surface area (Å²) < 4.78 is 0. The molecule has 2 aromatic carbocycles. The molecule has 0 amide bonds. The van der Waals surface area contributed by atoms with E-state index in [-0.39, 0.29) is 0 Å². The maximum Gasteiger partial charge on any atom is 0.163 e. The first-order valence-electron chi connectivity index (χ1n) is 8.90. The van der Waals surface area contributed by atoms with Gasteiger partial charge in [-0.05, 0) is 24.3 Å². The lowest BCUT2D eigenvalue weighted by molar-refractivity contribution is 0.806. The highest BCUT2D eigenvalue weighted by Gasteiger charge is 2.12. The van der Waals surface area contributed by atoms with Crippen molar-refractivity contribution in [1.29, 1.82) is 5.41 Å². The standard InChI is InChI=1S/C21H20Cl2N6/c22-15-6-7-16(17(23)12-15)21-28-18(14-4-2-1-3-5-14)13-20(29-21)27-11-10-26-19(25)8-9-24/h1-9,12-13,24,26H,10-11,25H2,(H,27,28,29)/b19-8+,24-9?. The smallest absolute Gasteiger partial charge is 0.163 e. The van der Waals surface area contributed by atoms with Crippen molar-refractivity contribution in [2.45, 2.75) is 0 Å². The van der Waals surface area contributed by atoms with Gasteiger partial charge in [0.25, 0.3) is 0 Å². The number of nitrogens with two attached hydrogens (primary N) is 1. The molecule has 0 fully saturated rings. The zero-order valence-corrected chi connectivity index (χ0v) is 17.0. The van der Waals surface area contributed by atoms with Crippen LogP contribution in [0, 0.1) is 5.41 Å². The molecule has 0 saturated carbocycles. The molecule has 3 rings (SSSR count). The van der Waals surface area contributed by atoms with E-state index in [0.29, 0.717) is 46.2 Å². The Labute approximate surface area is 179 Å². The van der Waals surface area contributed by atoms with Gasteiger partial charge in [-0.15, -0.1) is 0 Å². The van der Waals surface area contributed by atoms with Crippen molar-refractivity contribution in [3.8, 4) is 22.6 Å². The van der Waals surface area contributed by atoms with Crippen LogP contribution in [0.15, 0.2) is 66.5 Å². The summed E-state index contributed by atoms with van der Waals surface area (Å²) in [6, 6.07) is 17.0. The van der Waals surface area contributed by atoms with Crippen LogP contribution in [0.4, 0.5) is 5.82 Å². The highest BCUT2D eigenvalue weighted by molar-refractivity contribution is 6.36. The molecule has 6 nitrogen and oxygen atoms in total. The number of benzene rings is 2. The summed E-state index contributed by atoms with van der Waals surface area (Å²) in [7, 11) is 0. The molecule has 1 aromatic heterocycles. The molecule has 5 N–H and O–H groups in total. The van der Waals surface area contributed by atoms with Crippen LogP contribution in [0.1, 0.15) is 0 Å². The summed E-state index contributed by atoms with van der Waals surface area (Å²) in [5, 5.41) is 14.3. The van der Waals surface area contributed by atoms with E-state index in [1.165, 1.54) is 6.08 Å². The predicted octanol–water partition coefficient (Wildman–Crippen LogP) is 4.57. The lowest BCUT2D eigenvalue weighted by Gasteiger charge is -2.12. The average Bonchev–Trinajstić information content (AvgIpc) is 2.72. The average molecular weight is 427 g/mol. The van der Waals surface area contributed by atoms with Crippen LogP contribution in [-0.4, -0.2) is 29.3 Å². The van der Waals surface area contributed by atoms with Crippen LogP contribution < -0.4 is 16.4 Å². The summed E-state index contributed by atoms with van der Waals surface area (Å²) in [5.74, 6) is 1.60. The van der Waals surface area contributed by atoms with E-state index in [4.69, 9.17) is 39.3 Å². The van der Waals surface area contributed by atoms with Crippen LogP contribution in [0.3, 0.4) is 0 Å². The third-order valence-electron chi connectivity index (χ3n) is 3.99. The van der Waals surface area contributed by atoms with Gasteiger partial charge in [0.1, 0.15) is 5.82 Å². The van der Waals surface area contributed by atoms with Crippen LogP contribution in [-0.2, 0) is 0 Å². The van der Waals surface area contributed by atoms with Crippen molar-refractivity contribution < 1.29 is 0 Å². The van der Waals surface area contributed by atoms with Gasteiger partial charge >= 0.3 is 0 Å². The second-order valence-corrected chi connectivity index (χ2v) is 6.94. The van der Waals surface area contributed by atoms with Gasteiger partial charge in [0.2, 0.25) is 0 Å². The number of allylic oxidation sites excluding steroid dienone is 1. The molecule has 29 heavy (non-hydrogen) atoms. The van der Waals surface area contributed by atoms with Gasteiger partial charge in [-0.25, -0.2) is 9.97 Å². The fourth-order valence-corrected chi connectivity index (χ4v) is 3.12. The summed E-state index contributed by atoms with van der Waals surface area (Å²) in [4.78, 5) is 9.31. The van der Waals surface area contributed by atoms with Crippen molar-refractivity contribution in [3.05, 3.63) is 76.5 Å². The number of hydrogen-bond acceptors (Lipinski definition) is 6. The van der Waals surface area contributed by atoms with Crippen molar-refractivity contribution in [2.75, 3.05) is 18.4 Å². The fourth-order valence-electron chi connectivity index (χ4n) is 2.63. The Morgan fingerprint density at radius 1 is 1.03 bits per heavy atom. The fraction of sp³-hybridized carbons (Fsp3) is 0.0952. The highest BCUT2D eigenvalue weighted by atomic mass is 35.5. The lowest BCUT2D eigenvalue weighted by atomic mass is 10.1. The van der Waals surface area contributed by atoms with Crippen molar-refractivity contribution in [1.82, 2.24) is 15.3 Å². The first kappa shape index (κ1) is 20.6. The number of hydrogen-bond donors (Lipinski definition) is 4. The molecule has 148 valence electrons. The van der Waals surface area contributed by atoms with Gasteiger partial charge in [0.15, 0.2) is 5.82 Å². The molecule has 0 saturated heterocycles. The van der Waals surface area contributed by atoms with Gasteiger partial charge < -0.3 is 21.8 Å². The molecule has 0 aliphatic carbocycles. The van der Waals surface area contributed by atoms with Gasteiger partial charge in [0, 0.05) is 41.5 Å². The number of anilines is 1. The van der Waals surface area contributed by atoms with Gasteiger partial charge in [-0.3, -0.25) is 0 Å². The Bertz CT molecular complexity index is 1020. The van der Waals surface area contributed by atoms with E-state index >= 15 is 0 Å². The Kier molecular flexibility index (Phi) is 7.05. The molecule has 0 aliphatic rings. The van der Waals surface area contributed by atoms with Crippen LogP contribution in [0.2, 0.25) is 10.0 Å². The number of halogens is 2. The second kappa shape index (κ2) is 9.91. The van der Waals surface area contributed by atoms with Gasteiger partial charge in [-0.2, -0.15) is 0 Å². The zero-order valence-electron chi connectivity index (χ0n) is 15.5. The molecule has 0 radical (unpaired) electrons. The van der Waals surface area contributed by atoms with Crippen molar-refractivity contribution in [2.24, 2.45) is 5.73 Å². The first-order chi connectivity index (χ1) is 14.1. The third kappa shape index (κ3) is 5.70. The maximum atomic E-state index is 7.02. The molecule has 1 heterocycles.